The van der Waals surface area contributed by atoms with Crippen LogP contribution in [0.2, 0.25) is 0 Å². The summed E-state index contributed by atoms with van der Waals surface area (Å²) >= 11 is 0. The number of hydrogen-bond acceptors (Lipinski definition) is 4. The third kappa shape index (κ3) is 46.2. The van der Waals surface area contributed by atoms with Crippen LogP contribution in [0.5, 0.6) is 0 Å². The smallest absolute Gasteiger partial charge is 0.322 e. The SMILES string of the molecule is CCCCCCC/C=C\C/C=C\C/C=C\CCCCCCCCC(=O)OC(CCCCCCCCCCCCCCCC)CCCCCCCC(=O)NCC(=O)O. The molecule has 0 aliphatic rings. The van der Waals surface area contributed by atoms with Gasteiger partial charge in [0.2, 0.25) is 5.91 Å². The van der Waals surface area contributed by atoms with Crippen molar-refractivity contribution < 1.29 is 24.2 Å². The second-order valence-corrected chi connectivity index (χ2v) is 16.7. The Balaban J connectivity index is 4.13. The number of nitrogens with one attached hydrogen (secondary N) is 1. The van der Waals surface area contributed by atoms with Gasteiger partial charge in [-0.15, -0.1) is 0 Å². The first-order valence-corrected chi connectivity index (χ1v) is 24.6. The summed E-state index contributed by atoms with van der Waals surface area (Å²) in [5.41, 5.74) is 0. The predicted octanol–water partition coefficient (Wildman–Crippen LogP) is 15.6. The minimum Gasteiger partial charge on any atom is -0.480 e. The average Bonchev–Trinajstić information content (AvgIpc) is 3.20. The summed E-state index contributed by atoms with van der Waals surface area (Å²) in [6.45, 7) is 4.23. The average molecular weight is 800 g/mol. The molecule has 0 rings (SSSR count). The standard InChI is InChI=1S/C51H93NO5/c1-3-5-7-9-11-13-15-17-19-20-21-22-23-24-25-27-29-31-33-38-42-46-51(56)57-48(44-40-36-34-37-41-45-49(53)52-47-50(54)55)43-39-35-32-30-28-26-18-16-14-12-10-8-6-4-2/h15,17,20-21,23-24,48H,3-14,16,18-19,22,25-47H2,1-2H3,(H,52,53)(H,54,55)/b17-15-,21-20-,24-23-. The van der Waals surface area contributed by atoms with Gasteiger partial charge in [-0.25, -0.2) is 0 Å². The Morgan fingerprint density at radius 3 is 1.23 bits per heavy atom. The van der Waals surface area contributed by atoms with Crippen LogP contribution in [0.3, 0.4) is 0 Å². The van der Waals surface area contributed by atoms with E-state index >= 15 is 0 Å². The lowest BCUT2D eigenvalue weighted by Gasteiger charge is -2.18. The van der Waals surface area contributed by atoms with E-state index in [1.165, 1.54) is 148 Å². The van der Waals surface area contributed by atoms with Crippen molar-refractivity contribution in [3.63, 3.8) is 0 Å². The van der Waals surface area contributed by atoms with Gasteiger partial charge < -0.3 is 15.2 Å². The fourth-order valence-electron chi connectivity index (χ4n) is 7.41. The molecule has 0 aromatic heterocycles. The monoisotopic (exact) mass is 800 g/mol. The molecule has 0 aromatic carbocycles. The third-order valence-corrected chi connectivity index (χ3v) is 11.1. The number of aliphatic carboxylic acids is 1. The van der Waals surface area contributed by atoms with E-state index in [9.17, 15) is 14.4 Å². The molecule has 6 nitrogen and oxygen atoms in total. The molecule has 0 aliphatic heterocycles. The van der Waals surface area contributed by atoms with Crippen LogP contribution in [-0.2, 0) is 19.1 Å². The van der Waals surface area contributed by atoms with Gasteiger partial charge in [0.05, 0.1) is 0 Å². The molecule has 0 radical (unpaired) electrons. The largest absolute Gasteiger partial charge is 0.480 e. The lowest BCUT2D eigenvalue weighted by Crippen LogP contribution is -2.28. The lowest BCUT2D eigenvalue weighted by molar-refractivity contribution is -0.150. The van der Waals surface area contributed by atoms with E-state index in [1.54, 1.807) is 0 Å². The van der Waals surface area contributed by atoms with Crippen molar-refractivity contribution >= 4 is 17.8 Å². The van der Waals surface area contributed by atoms with Crippen LogP contribution in [0.1, 0.15) is 258 Å². The number of amides is 1. The molecule has 0 saturated heterocycles. The maximum atomic E-state index is 12.8. The lowest BCUT2D eigenvalue weighted by atomic mass is 10.0. The second kappa shape index (κ2) is 46.3. The van der Waals surface area contributed by atoms with Crippen molar-refractivity contribution in [2.24, 2.45) is 0 Å². The first-order chi connectivity index (χ1) is 28.0. The van der Waals surface area contributed by atoms with Crippen molar-refractivity contribution in [1.82, 2.24) is 5.32 Å². The Morgan fingerprint density at radius 2 is 0.807 bits per heavy atom. The van der Waals surface area contributed by atoms with Crippen LogP contribution in [-0.4, -0.2) is 35.6 Å². The molecule has 0 fully saturated rings. The number of carboxylic acid groups (broad SMARTS) is 1. The topological polar surface area (TPSA) is 92.7 Å². The Morgan fingerprint density at radius 1 is 0.456 bits per heavy atom. The zero-order chi connectivity index (χ0) is 41.5. The Labute approximate surface area is 353 Å². The summed E-state index contributed by atoms with van der Waals surface area (Å²) in [6.07, 6.45) is 58.5. The van der Waals surface area contributed by atoms with Crippen molar-refractivity contribution in [2.75, 3.05) is 6.54 Å². The van der Waals surface area contributed by atoms with Gasteiger partial charge in [0.15, 0.2) is 0 Å². The molecule has 332 valence electrons. The molecule has 1 unspecified atom stereocenters. The van der Waals surface area contributed by atoms with E-state index in [2.05, 4.69) is 55.6 Å². The van der Waals surface area contributed by atoms with E-state index in [0.717, 1.165) is 83.5 Å². The molecule has 1 amide bonds. The van der Waals surface area contributed by atoms with Crippen molar-refractivity contribution in [2.45, 2.75) is 264 Å². The molecule has 57 heavy (non-hydrogen) atoms. The zero-order valence-electron chi connectivity index (χ0n) is 37.7. The highest BCUT2D eigenvalue weighted by atomic mass is 16.5. The van der Waals surface area contributed by atoms with Crippen LogP contribution < -0.4 is 5.32 Å². The number of carbonyl (C=O) groups is 3. The van der Waals surface area contributed by atoms with Crippen molar-refractivity contribution in [3.05, 3.63) is 36.5 Å². The van der Waals surface area contributed by atoms with Crippen molar-refractivity contribution in [3.8, 4) is 0 Å². The van der Waals surface area contributed by atoms with Gasteiger partial charge in [-0.1, -0.05) is 204 Å². The number of carbonyl (C=O) groups excluding carboxylic acids is 2. The maximum absolute atomic E-state index is 12.8. The molecular weight excluding hydrogens is 707 g/mol. The number of hydrogen-bond donors (Lipinski definition) is 2. The second-order valence-electron chi connectivity index (χ2n) is 16.7. The summed E-state index contributed by atoms with van der Waals surface area (Å²) in [5.74, 6) is -1.23. The van der Waals surface area contributed by atoms with Gasteiger partial charge in [0.25, 0.3) is 0 Å². The van der Waals surface area contributed by atoms with Gasteiger partial charge in [-0.2, -0.15) is 0 Å². The summed E-state index contributed by atoms with van der Waals surface area (Å²) < 4.78 is 6.06. The molecule has 2 N–H and O–H groups in total. The number of carboxylic acids is 1. The van der Waals surface area contributed by atoms with Crippen LogP contribution >= 0.6 is 0 Å². The fourth-order valence-corrected chi connectivity index (χ4v) is 7.41. The number of allylic oxidation sites excluding steroid dienone is 6. The molecule has 0 spiro atoms. The first kappa shape index (κ1) is 54.6. The van der Waals surface area contributed by atoms with E-state index in [-0.39, 0.29) is 24.5 Å². The highest BCUT2D eigenvalue weighted by Gasteiger charge is 2.14. The van der Waals surface area contributed by atoms with Gasteiger partial charge >= 0.3 is 11.9 Å². The summed E-state index contributed by atoms with van der Waals surface area (Å²) in [7, 11) is 0. The van der Waals surface area contributed by atoms with E-state index in [0.29, 0.717) is 12.8 Å². The Bertz CT molecular complexity index is 973. The Hall–Kier alpha value is -2.37. The number of unbranched alkanes of at least 4 members (excludes halogenated alkanes) is 28. The van der Waals surface area contributed by atoms with E-state index in [4.69, 9.17) is 9.84 Å². The van der Waals surface area contributed by atoms with Gasteiger partial charge in [0, 0.05) is 12.8 Å². The molecule has 0 saturated carbocycles. The molecule has 6 heteroatoms. The third-order valence-electron chi connectivity index (χ3n) is 11.1. The minimum absolute atomic E-state index is 0.0203. The molecule has 0 aliphatic carbocycles. The van der Waals surface area contributed by atoms with E-state index < -0.39 is 5.97 Å². The molecule has 1 atom stereocenters. The molecule has 0 heterocycles. The number of rotatable bonds is 45. The van der Waals surface area contributed by atoms with Crippen LogP contribution in [0.25, 0.3) is 0 Å². The van der Waals surface area contributed by atoms with Crippen molar-refractivity contribution in [1.29, 1.82) is 0 Å². The minimum atomic E-state index is -1.01. The van der Waals surface area contributed by atoms with Crippen LogP contribution in [0, 0.1) is 0 Å². The summed E-state index contributed by atoms with van der Waals surface area (Å²) in [6, 6.07) is 0. The maximum Gasteiger partial charge on any atom is 0.322 e. The molecule has 0 bridgehead atoms. The number of esters is 1. The predicted molar refractivity (Wildman–Crippen MR) is 245 cm³/mol. The molecule has 0 aromatic rings. The zero-order valence-corrected chi connectivity index (χ0v) is 37.7. The summed E-state index contributed by atoms with van der Waals surface area (Å²) in [4.78, 5) is 35.2. The van der Waals surface area contributed by atoms with Gasteiger partial charge in [-0.3, -0.25) is 14.4 Å². The fraction of sp³-hybridized carbons (Fsp3) is 0.824. The number of ether oxygens (including phenoxy) is 1. The van der Waals surface area contributed by atoms with Crippen LogP contribution in [0.15, 0.2) is 36.5 Å². The Kier molecular flexibility index (Phi) is 44.4. The first-order valence-electron chi connectivity index (χ1n) is 24.6. The highest BCUT2D eigenvalue weighted by molar-refractivity contribution is 5.80. The normalized spacial score (nSPS) is 12.3. The van der Waals surface area contributed by atoms with Gasteiger partial charge in [0.1, 0.15) is 12.6 Å². The van der Waals surface area contributed by atoms with Crippen LogP contribution in [0.4, 0.5) is 0 Å². The molecular formula is C51H93NO5. The quantitative estimate of drug-likeness (QED) is 0.0363. The highest BCUT2D eigenvalue weighted by Crippen LogP contribution is 2.19. The van der Waals surface area contributed by atoms with Gasteiger partial charge in [-0.05, 0) is 77.0 Å². The summed E-state index contributed by atoms with van der Waals surface area (Å²) in [5, 5.41) is 11.1. The van der Waals surface area contributed by atoms with E-state index in [1.807, 2.05) is 0 Å².